The Morgan fingerprint density at radius 2 is 1.97 bits per heavy atom. The topological polar surface area (TPSA) is 66.4 Å². The Morgan fingerprint density at radius 1 is 1.10 bits per heavy atom. The first-order chi connectivity index (χ1) is 14.0. The fourth-order valence-electron chi connectivity index (χ4n) is 3.58. The molecule has 2 atom stereocenters. The summed E-state index contributed by atoms with van der Waals surface area (Å²) < 4.78 is 5.46. The third-order valence-electron chi connectivity index (χ3n) is 5.35. The summed E-state index contributed by atoms with van der Waals surface area (Å²) in [6, 6.07) is 8.88. The first-order valence-electron chi connectivity index (χ1n) is 9.70. The fourth-order valence-corrected chi connectivity index (χ4v) is 4.19. The van der Waals surface area contributed by atoms with Crippen LogP contribution < -0.4 is 15.0 Å². The average Bonchev–Trinajstić information content (AvgIpc) is 3.26. The van der Waals surface area contributed by atoms with Crippen LogP contribution in [0.15, 0.2) is 42.0 Å². The maximum absolute atomic E-state index is 5.46. The van der Waals surface area contributed by atoms with E-state index >= 15 is 0 Å². The Labute approximate surface area is 175 Å². The van der Waals surface area contributed by atoms with E-state index in [1.54, 1.807) is 24.6 Å². The van der Waals surface area contributed by atoms with E-state index in [4.69, 9.17) is 4.74 Å². The largest absolute Gasteiger partial charge is 0.493 e. The van der Waals surface area contributed by atoms with E-state index in [0.717, 1.165) is 35.3 Å². The van der Waals surface area contributed by atoms with Crippen LogP contribution in [0.2, 0.25) is 0 Å². The number of ether oxygens (including phenoxy) is 1. The van der Waals surface area contributed by atoms with Gasteiger partial charge in [-0.05, 0) is 45.2 Å². The summed E-state index contributed by atoms with van der Waals surface area (Å²) in [4.78, 5) is 18.5. The van der Waals surface area contributed by atoms with Gasteiger partial charge in [-0.25, -0.2) is 15.0 Å². The number of hydrogen-bond acceptors (Lipinski definition) is 8. The molecule has 1 N–H and O–H groups in total. The Hall–Kier alpha value is -2.71. The molecule has 2 unspecified atom stereocenters. The minimum atomic E-state index is 0.452. The van der Waals surface area contributed by atoms with E-state index in [9.17, 15) is 0 Å². The summed E-state index contributed by atoms with van der Waals surface area (Å²) in [5, 5.41) is 6.10. The molecule has 4 rings (SSSR count). The van der Waals surface area contributed by atoms with Gasteiger partial charge in [0, 0.05) is 36.8 Å². The van der Waals surface area contributed by atoms with Crippen molar-refractivity contribution in [2.24, 2.45) is 0 Å². The summed E-state index contributed by atoms with van der Waals surface area (Å²) in [5.41, 5.74) is 1.94. The lowest BCUT2D eigenvalue weighted by atomic mass is 10.1. The molecule has 1 saturated heterocycles. The lowest BCUT2D eigenvalue weighted by Crippen LogP contribution is -2.55. The summed E-state index contributed by atoms with van der Waals surface area (Å²) >= 11 is 1.56. The van der Waals surface area contributed by atoms with Gasteiger partial charge in [0.25, 0.3) is 0 Å². The van der Waals surface area contributed by atoms with E-state index in [-0.39, 0.29) is 0 Å². The minimum absolute atomic E-state index is 0.452. The summed E-state index contributed by atoms with van der Waals surface area (Å²) in [5.74, 6) is 2.02. The van der Waals surface area contributed by atoms with Crippen molar-refractivity contribution in [2.75, 3.05) is 37.5 Å². The molecule has 4 heterocycles. The highest BCUT2D eigenvalue weighted by atomic mass is 32.1. The van der Waals surface area contributed by atoms with E-state index in [0.29, 0.717) is 23.7 Å². The molecule has 0 aromatic carbocycles. The molecule has 7 nitrogen and oxygen atoms in total. The summed E-state index contributed by atoms with van der Waals surface area (Å²) in [6.45, 7) is 6.56. The quantitative estimate of drug-likeness (QED) is 0.685. The fraction of sp³-hybridized carbons (Fsp3) is 0.381. The SMILES string of the molecule is COc1ccc(-c2nccs2)nc1Nc1ccc(N2CC(C)N(C)CC2C)cn1. The molecule has 3 aromatic heterocycles. The van der Waals surface area contributed by atoms with Gasteiger partial charge in [0.05, 0.1) is 19.0 Å². The maximum atomic E-state index is 5.46. The van der Waals surface area contributed by atoms with Gasteiger partial charge in [-0.1, -0.05) is 0 Å². The lowest BCUT2D eigenvalue weighted by Gasteiger charge is -2.43. The number of piperazine rings is 1. The average molecular weight is 411 g/mol. The van der Waals surface area contributed by atoms with Crippen LogP contribution in [0.1, 0.15) is 13.8 Å². The molecule has 1 fully saturated rings. The Balaban J connectivity index is 1.54. The third kappa shape index (κ3) is 4.18. The Bertz CT molecular complexity index is 946. The predicted molar refractivity (Wildman–Crippen MR) is 118 cm³/mol. The monoisotopic (exact) mass is 410 g/mol. The normalized spacial score (nSPS) is 19.9. The standard InChI is InChI=1S/C21H26N6OS/c1-14-13-27(15(2)12-26(14)3)16-5-8-19(23-11-16)25-20-18(28-4)7-6-17(24-20)21-22-9-10-29-21/h5-11,14-15H,12-13H2,1-4H3,(H,23,24,25). The van der Waals surface area contributed by atoms with Crippen LogP contribution in [0.25, 0.3) is 10.7 Å². The predicted octanol–water partition coefficient (Wildman–Crippen LogP) is 3.88. The van der Waals surface area contributed by atoms with Crippen LogP contribution in [0, 0.1) is 0 Å². The van der Waals surface area contributed by atoms with Gasteiger partial charge in [-0.15, -0.1) is 11.3 Å². The molecule has 1 aliphatic heterocycles. The first-order valence-corrected chi connectivity index (χ1v) is 10.6. The van der Waals surface area contributed by atoms with Gasteiger partial charge in [-0.2, -0.15) is 0 Å². The van der Waals surface area contributed by atoms with Crippen LogP contribution in [0.4, 0.5) is 17.3 Å². The highest BCUT2D eigenvalue weighted by molar-refractivity contribution is 7.13. The van der Waals surface area contributed by atoms with Gasteiger partial charge >= 0.3 is 0 Å². The van der Waals surface area contributed by atoms with Crippen LogP contribution >= 0.6 is 11.3 Å². The van der Waals surface area contributed by atoms with Gasteiger partial charge in [0.15, 0.2) is 11.6 Å². The van der Waals surface area contributed by atoms with Crippen LogP contribution in [0.3, 0.4) is 0 Å². The number of likely N-dealkylation sites (N-methyl/N-ethyl adjacent to an activating group) is 1. The van der Waals surface area contributed by atoms with Crippen molar-refractivity contribution in [2.45, 2.75) is 25.9 Å². The molecule has 0 aliphatic carbocycles. The van der Waals surface area contributed by atoms with Gasteiger partial charge in [-0.3, -0.25) is 4.90 Å². The molecule has 3 aromatic rings. The van der Waals surface area contributed by atoms with Gasteiger partial charge < -0.3 is 15.0 Å². The zero-order chi connectivity index (χ0) is 20.4. The highest BCUT2D eigenvalue weighted by Gasteiger charge is 2.26. The van der Waals surface area contributed by atoms with Crippen molar-refractivity contribution in [1.82, 2.24) is 19.9 Å². The highest BCUT2D eigenvalue weighted by Crippen LogP contribution is 2.30. The number of nitrogens with one attached hydrogen (secondary N) is 1. The Kier molecular flexibility index (Phi) is 5.64. The molecule has 1 aliphatic rings. The smallest absolute Gasteiger partial charge is 0.175 e. The number of rotatable bonds is 5. The van der Waals surface area contributed by atoms with Crippen molar-refractivity contribution in [3.63, 3.8) is 0 Å². The molecular weight excluding hydrogens is 384 g/mol. The van der Waals surface area contributed by atoms with E-state index in [1.165, 1.54) is 0 Å². The molecule has 0 radical (unpaired) electrons. The van der Waals surface area contributed by atoms with Gasteiger partial charge in [0.2, 0.25) is 0 Å². The molecule has 0 spiro atoms. The van der Waals surface area contributed by atoms with Crippen LogP contribution in [-0.2, 0) is 0 Å². The van der Waals surface area contributed by atoms with Crippen LogP contribution in [0.5, 0.6) is 5.75 Å². The molecule has 8 heteroatoms. The number of nitrogens with zero attached hydrogens (tertiary/aromatic N) is 5. The zero-order valence-electron chi connectivity index (χ0n) is 17.2. The number of pyridine rings is 2. The van der Waals surface area contributed by atoms with Crippen molar-refractivity contribution >= 4 is 28.7 Å². The molecule has 0 bridgehead atoms. The van der Waals surface area contributed by atoms with Crippen molar-refractivity contribution < 1.29 is 4.74 Å². The second kappa shape index (κ2) is 8.34. The number of aromatic nitrogens is 3. The summed E-state index contributed by atoms with van der Waals surface area (Å²) in [7, 11) is 3.82. The van der Waals surface area contributed by atoms with Crippen LogP contribution in [-0.4, -0.2) is 59.2 Å². The molecule has 0 amide bonds. The number of anilines is 3. The molecule has 29 heavy (non-hydrogen) atoms. The summed E-state index contributed by atoms with van der Waals surface area (Å²) in [6.07, 6.45) is 3.70. The third-order valence-corrected chi connectivity index (χ3v) is 6.15. The number of thiazole rings is 1. The minimum Gasteiger partial charge on any atom is -0.493 e. The lowest BCUT2D eigenvalue weighted by molar-refractivity contribution is 0.206. The maximum Gasteiger partial charge on any atom is 0.175 e. The number of methoxy groups -OCH3 is 1. The van der Waals surface area contributed by atoms with E-state index < -0.39 is 0 Å². The van der Waals surface area contributed by atoms with Crippen molar-refractivity contribution in [3.05, 3.63) is 42.0 Å². The first kappa shape index (κ1) is 19.6. The van der Waals surface area contributed by atoms with Crippen molar-refractivity contribution in [1.29, 1.82) is 0 Å². The van der Waals surface area contributed by atoms with Crippen molar-refractivity contribution in [3.8, 4) is 16.5 Å². The Morgan fingerprint density at radius 3 is 2.66 bits per heavy atom. The molecule has 0 saturated carbocycles. The molecule has 152 valence electrons. The zero-order valence-corrected chi connectivity index (χ0v) is 18.0. The number of hydrogen-bond donors (Lipinski definition) is 1. The second-order valence-corrected chi connectivity index (χ2v) is 8.30. The second-order valence-electron chi connectivity index (χ2n) is 7.40. The van der Waals surface area contributed by atoms with E-state index in [2.05, 4.69) is 57.0 Å². The van der Waals surface area contributed by atoms with E-state index in [1.807, 2.05) is 29.8 Å². The van der Waals surface area contributed by atoms with Gasteiger partial charge in [0.1, 0.15) is 16.5 Å². The molecular formula is C21H26N6OS.